The number of hydrogen-bond acceptors (Lipinski definition) is 3. The number of nitrogens with two attached hydrogens (primary N) is 1. The highest BCUT2D eigenvalue weighted by Gasteiger charge is 2.15. The third-order valence-corrected chi connectivity index (χ3v) is 2.87. The first-order valence-corrected chi connectivity index (χ1v) is 5.82. The Morgan fingerprint density at radius 1 is 1.67 bits per heavy atom. The van der Waals surface area contributed by atoms with Crippen molar-refractivity contribution in [3.63, 3.8) is 0 Å². The summed E-state index contributed by atoms with van der Waals surface area (Å²) in [6, 6.07) is -0.000172. The third-order valence-electron chi connectivity index (χ3n) is 2.87. The zero-order valence-electron chi connectivity index (χ0n) is 9.50. The van der Waals surface area contributed by atoms with Gasteiger partial charge in [0.2, 0.25) is 5.91 Å². The molecule has 3 N–H and O–H groups in total. The van der Waals surface area contributed by atoms with Gasteiger partial charge < -0.3 is 15.8 Å². The van der Waals surface area contributed by atoms with Crippen molar-refractivity contribution in [3.05, 3.63) is 0 Å². The number of hydrogen-bond donors (Lipinski definition) is 2. The van der Waals surface area contributed by atoms with E-state index >= 15 is 0 Å². The largest absolute Gasteiger partial charge is 0.381 e. The summed E-state index contributed by atoms with van der Waals surface area (Å²) in [5.74, 6) is 0.702. The maximum absolute atomic E-state index is 11.4. The standard InChI is InChI=1S/C11H22N2O2/c1-2-10(12)7-11(14)13-5-3-9-4-6-15-8-9/h9-10H,2-8,12H2,1H3,(H,13,14). The van der Waals surface area contributed by atoms with Gasteiger partial charge in [0.15, 0.2) is 0 Å². The van der Waals surface area contributed by atoms with Crippen LogP contribution in [-0.2, 0) is 9.53 Å². The summed E-state index contributed by atoms with van der Waals surface area (Å²) in [6.07, 6.45) is 3.44. The van der Waals surface area contributed by atoms with Crippen molar-refractivity contribution in [2.75, 3.05) is 19.8 Å². The monoisotopic (exact) mass is 214 g/mol. The molecule has 88 valence electrons. The SMILES string of the molecule is CCC(N)CC(=O)NCCC1CCOC1. The Labute approximate surface area is 91.5 Å². The molecule has 1 fully saturated rings. The Bertz CT molecular complexity index is 191. The Morgan fingerprint density at radius 2 is 2.47 bits per heavy atom. The fraction of sp³-hybridized carbons (Fsp3) is 0.909. The van der Waals surface area contributed by atoms with Crippen LogP contribution in [0.1, 0.15) is 32.6 Å². The molecule has 4 nitrogen and oxygen atoms in total. The number of carbonyl (C=O) groups excluding carboxylic acids is 1. The van der Waals surface area contributed by atoms with E-state index in [1.54, 1.807) is 0 Å². The maximum Gasteiger partial charge on any atom is 0.221 e. The number of ether oxygens (including phenoxy) is 1. The van der Waals surface area contributed by atoms with E-state index < -0.39 is 0 Å². The smallest absolute Gasteiger partial charge is 0.221 e. The molecule has 2 unspecified atom stereocenters. The summed E-state index contributed by atoms with van der Waals surface area (Å²) in [4.78, 5) is 11.4. The Morgan fingerprint density at radius 3 is 3.07 bits per heavy atom. The molecule has 0 aromatic rings. The molecule has 1 aliphatic rings. The molecule has 0 spiro atoms. The molecule has 1 amide bonds. The van der Waals surface area contributed by atoms with Crippen molar-refractivity contribution in [1.82, 2.24) is 5.32 Å². The zero-order valence-corrected chi connectivity index (χ0v) is 9.50. The summed E-state index contributed by atoms with van der Waals surface area (Å²) in [6.45, 7) is 4.47. The van der Waals surface area contributed by atoms with Crippen LogP contribution in [0.15, 0.2) is 0 Å². The maximum atomic E-state index is 11.4. The van der Waals surface area contributed by atoms with Gasteiger partial charge in [-0.2, -0.15) is 0 Å². The highest BCUT2D eigenvalue weighted by atomic mass is 16.5. The van der Waals surface area contributed by atoms with Crippen molar-refractivity contribution >= 4 is 5.91 Å². The van der Waals surface area contributed by atoms with Gasteiger partial charge >= 0.3 is 0 Å². The molecule has 2 atom stereocenters. The summed E-state index contributed by atoms with van der Waals surface area (Å²) >= 11 is 0. The summed E-state index contributed by atoms with van der Waals surface area (Å²) < 4.78 is 5.26. The molecule has 0 aromatic carbocycles. The zero-order chi connectivity index (χ0) is 11.1. The molecule has 0 bridgehead atoms. The van der Waals surface area contributed by atoms with Crippen LogP contribution < -0.4 is 11.1 Å². The van der Waals surface area contributed by atoms with E-state index in [9.17, 15) is 4.79 Å². The molecular formula is C11H22N2O2. The van der Waals surface area contributed by atoms with Gasteiger partial charge in [0.05, 0.1) is 0 Å². The predicted octanol–water partition coefficient (Wildman–Crippen LogP) is 0.657. The van der Waals surface area contributed by atoms with Gasteiger partial charge in [0, 0.05) is 32.2 Å². The lowest BCUT2D eigenvalue weighted by molar-refractivity contribution is -0.121. The molecule has 4 heteroatoms. The number of nitrogens with one attached hydrogen (secondary N) is 1. The summed E-state index contributed by atoms with van der Waals surface area (Å²) in [5, 5.41) is 2.90. The molecule has 0 radical (unpaired) electrons. The molecule has 0 aliphatic carbocycles. The van der Waals surface area contributed by atoms with Crippen LogP contribution >= 0.6 is 0 Å². The van der Waals surface area contributed by atoms with E-state index in [1.807, 2.05) is 6.92 Å². The molecule has 0 saturated carbocycles. The second kappa shape index (κ2) is 6.80. The van der Waals surface area contributed by atoms with Gasteiger partial charge in [-0.25, -0.2) is 0 Å². The Hall–Kier alpha value is -0.610. The first-order valence-electron chi connectivity index (χ1n) is 5.82. The second-order valence-corrected chi connectivity index (χ2v) is 4.24. The highest BCUT2D eigenvalue weighted by molar-refractivity contribution is 5.76. The molecule has 1 rings (SSSR count). The van der Waals surface area contributed by atoms with Crippen LogP contribution in [0.4, 0.5) is 0 Å². The minimum atomic E-state index is -0.000172. The van der Waals surface area contributed by atoms with Crippen molar-refractivity contribution in [2.24, 2.45) is 11.7 Å². The average molecular weight is 214 g/mol. The minimum Gasteiger partial charge on any atom is -0.381 e. The van der Waals surface area contributed by atoms with Crippen LogP contribution in [0, 0.1) is 5.92 Å². The van der Waals surface area contributed by atoms with E-state index in [4.69, 9.17) is 10.5 Å². The molecule has 0 aromatic heterocycles. The lowest BCUT2D eigenvalue weighted by atomic mass is 10.1. The Kier molecular flexibility index (Phi) is 5.65. The number of carbonyl (C=O) groups is 1. The molecule has 1 heterocycles. The van der Waals surface area contributed by atoms with Gasteiger partial charge in [0.1, 0.15) is 0 Å². The van der Waals surface area contributed by atoms with E-state index in [0.29, 0.717) is 12.3 Å². The highest BCUT2D eigenvalue weighted by Crippen LogP contribution is 2.15. The van der Waals surface area contributed by atoms with E-state index in [1.165, 1.54) is 0 Å². The normalized spacial score (nSPS) is 22.7. The van der Waals surface area contributed by atoms with Gasteiger partial charge in [-0.15, -0.1) is 0 Å². The summed E-state index contributed by atoms with van der Waals surface area (Å²) in [5.41, 5.74) is 5.69. The molecular weight excluding hydrogens is 192 g/mol. The topological polar surface area (TPSA) is 64.4 Å². The fourth-order valence-electron chi connectivity index (χ4n) is 1.68. The van der Waals surface area contributed by atoms with E-state index in [2.05, 4.69) is 5.32 Å². The van der Waals surface area contributed by atoms with Gasteiger partial charge in [-0.1, -0.05) is 6.92 Å². The van der Waals surface area contributed by atoms with E-state index in [-0.39, 0.29) is 11.9 Å². The van der Waals surface area contributed by atoms with Gasteiger partial charge in [0.25, 0.3) is 0 Å². The average Bonchev–Trinajstić information content (AvgIpc) is 2.70. The van der Waals surface area contributed by atoms with Crippen molar-refractivity contribution in [3.8, 4) is 0 Å². The fourth-order valence-corrected chi connectivity index (χ4v) is 1.68. The van der Waals surface area contributed by atoms with Crippen LogP contribution in [0.25, 0.3) is 0 Å². The molecule has 1 saturated heterocycles. The van der Waals surface area contributed by atoms with Crippen molar-refractivity contribution < 1.29 is 9.53 Å². The first-order chi connectivity index (χ1) is 7.22. The lowest BCUT2D eigenvalue weighted by Gasteiger charge is -2.11. The second-order valence-electron chi connectivity index (χ2n) is 4.24. The predicted molar refractivity (Wildman–Crippen MR) is 59.4 cm³/mol. The van der Waals surface area contributed by atoms with Crippen LogP contribution in [0.5, 0.6) is 0 Å². The van der Waals surface area contributed by atoms with Crippen LogP contribution in [-0.4, -0.2) is 31.7 Å². The van der Waals surface area contributed by atoms with Gasteiger partial charge in [-0.3, -0.25) is 4.79 Å². The van der Waals surface area contributed by atoms with Gasteiger partial charge in [-0.05, 0) is 25.2 Å². The third kappa shape index (κ3) is 5.14. The quantitative estimate of drug-likeness (QED) is 0.682. The van der Waals surface area contributed by atoms with E-state index in [0.717, 1.165) is 39.0 Å². The Balaban J connectivity index is 2.01. The minimum absolute atomic E-state index is 0.000172. The lowest BCUT2D eigenvalue weighted by Crippen LogP contribution is -2.32. The van der Waals surface area contributed by atoms with Crippen molar-refractivity contribution in [1.29, 1.82) is 0 Å². The van der Waals surface area contributed by atoms with Crippen LogP contribution in [0.2, 0.25) is 0 Å². The summed E-state index contributed by atoms with van der Waals surface area (Å²) in [7, 11) is 0. The number of amides is 1. The van der Waals surface area contributed by atoms with Crippen molar-refractivity contribution in [2.45, 2.75) is 38.6 Å². The molecule has 15 heavy (non-hydrogen) atoms. The number of rotatable bonds is 6. The van der Waals surface area contributed by atoms with Crippen LogP contribution in [0.3, 0.4) is 0 Å². The molecule has 1 aliphatic heterocycles. The first kappa shape index (κ1) is 12.5.